The number of ether oxygens (including phenoxy) is 1. The Labute approximate surface area is 171 Å². The van der Waals surface area contributed by atoms with Gasteiger partial charge in [0, 0.05) is 22.1 Å². The van der Waals surface area contributed by atoms with Gasteiger partial charge >= 0.3 is 5.97 Å². The van der Waals surface area contributed by atoms with E-state index in [1.165, 1.54) is 11.1 Å². The fraction of sp³-hybridized carbons (Fsp3) is 0.174. The molecule has 4 aromatic rings. The number of carbonyl (C=O) groups is 1. The lowest BCUT2D eigenvalue weighted by molar-refractivity contribution is -0.703. The summed E-state index contributed by atoms with van der Waals surface area (Å²) in [7, 11) is 0. The third-order valence-electron chi connectivity index (χ3n) is 5.10. The molecule has 0 saturated heterocycles. The van der Waals surface area contributed by atoms with Crippen molar-refractivity contribution in [3.8, 4) is 0 Å². The van der Waals surface area contributed by atoms with E-state index in [2.05, 4.69) is 46.9 Å². The Bertz CT molecular complexity index is 1190. The van der Waals surface area contributed by atoms with Crippen molar-refractivity contribution < 1.29 is 14.1 Å². The number of esters is 1. The smallest absolute Gasteiger partial charge is 0.315 e. The minimum absolute atomic E-state index is 0.154. The summed E-state index contributed by atoms with van der Waals surface area (Å²) < 4.78 is 8.52. The molecule has 4 rings (SSSR count). The number of halogens is 1. The maximum atomic E-state index is 12.3. The third kappa shape index (κ3) is 3.50. The SMILES string of the molecule is Cc1c(C)c2ccc[n+](COC(=O)Cc3ccc(Br)cc3)c2c2ncccc12. The Balaban J connectivity index is 1.66. The fourth-order valence-corrected chi connectivity index (χ4v) is 3.75. The first-order valence-electron chi connectivity index (χ1n) is 9.10. The minimum atomic E-state index is -0.257. The molecule has 0 fully saturated rings. The van der Waals surface area contributed by atoms with Crippen LogP contribution in [0.15, 0.2) is 65.4 Å². The summed E-state index contributed by atoms with van der Waals surface area (Å²) in [6, 6.07) is 15.8. The van der Waals surface area contributed by atoms with Crippen LogP contribution in [0.4, 0.5) is 0 Å². The predicted molar refractivity (Wildman–Crippen MR) is 113 cm³/mol. The van der Waals surface area contributed by atoms with Crippen LogP contribution in [0, 0.1) is 13.8 Å². The highest BCUT2D eigenvalue weighted by atomic mass is 79.9. The Hall–Kier alpha value is -2.79. The number of pyridine rings is 2. The molecule has 0 bridgehead atoms. The lowest BCUT2D eigenvalue weighted by atomic mass is 9.98. The van der Waals surface area contributed by atoms with Gasteiger partial charge in [0.15, 0.2) is 6.20 Å². The molecular weight excluding hydrogens is 416 g/mol. The zero-order valence-electron chi connectivity index (χ0n) is 15.8. The van der Waals surface area contributed by atoms with E-state index in [0.29, 0.717) is 0 Å². The average Bonchev–Trinajstić information content (AvgIpc) is 2.72. The van der Waals surface area contributed by atoms with Gasteiger partial charge in [0.05, 0.1) is 11.8 Å². The number of fused-ring (bicyclic) bond motifs is 3. The summed E-state index contributed by atoms with van der Waals surface area (Å²) >= 11 is 3.40. The van der Waals surface area contributed by atoms with E-state index < -0.39 is 0 Å². The third-order valence-corrected chi connectivity index (χ3v) is 5.63. The molecule has 2 aromatic heterocycles. The zero-order chi connectivity index (χ0) is 19.7. The van der Waals surface area contributed by atoms with E-state index in [-0.39, 0.29) is 19.1 Å². The topological polar surface area (TPSA) is 43.1 Å². The van der Waals surface area contributed by atoms with Crippen molar-refractivity contribution in [2.45, 2.75) is 27.0 Å². The monoisotopic (exact) mass is 435 g/mol. The number of hydrogen-bond acceptors (Lipinski definition) is 3. The van der Waals surface area contributed by atoms with Crippen molar-refractivity contribution >= 4 is 43.7 Å². The molecule has 0 spiro atoms. The Morgan fingerprint density at radius 2 is 1.75 bits per heavy atom. The highest BCUT2D eigenvalue weighted by molar-refractivity contribution is 9.10. The fourth-order valence-electron chi connectivity index (χ4n) is 3.49. The minimum Gasteiger partial charge on any atom is -0.405 e. The van der Waals surface area contributed by atoms with Gasteiger partial charge in [-0.2, -0.15) is 4.57 Å². The molecule has 0 amide bonds. The van der Waals surface area contributed by atoms with E-state index in [0.717, 1.165) is 31.8 Å². The van der Waals surface area contributed by atoms with Gasteiger partial charge in [-0.05, 0) is 54.8 Å². The number of aromatic nitrogens is 2. The Morgan fingerprint density at radius 3 is 2.54 bits per heavy atom. The van der Waals surface area contributed by atoms with Gasteiger partial charge in [-0.25, -0.2) is 4.98 Å². The second-order valence-electron chi connectivity index (χ2n) is 6.84. The first-order chi connectivity index (χ1) is 13.5. The van der Waals surface area contributed by atoms with E-state index in [4.69, 9.17) is 4.74 Å². The van der Waals surface area contributed by atoms with Crippen LogP contribution in [0.1, 0.15) is 16.7 Å². The summed E-state index contributed by atoms with van der Waals surface area (Å²) in [4.78, 5) is 16.9. The quantitative estimate of drug-likeness (QED) is 0.262. The molecule has 0 N–H and O–H groups in total. The van der Waals surface area contributed by atoms with Crippen LogP contribution in [0.5, 0.6) is 0 Å². The Kier molecular flexibility index (Phi) is 5.09. The van der Waals surface area contributed by atoms with Gasteiger partial charge in [0.2, 0.25) is 5.52 Å². The predicted octanol–water partition coefficient (Wildman–Crippen LogP) is 4.80. The highest BCUT2D eigenvalue weighted by Crippen LogP contribution is 2.28. The van der Waals surface area contributed by atoms with Crippen molar-refractivity contribution in [1.82, 2.24) is 4.98 Å². The number of carbonyl (C=O) groups excluding carboxylic acids is 1. The molecule has 0 aliphatic carbocycles. The molecule has 0 aliphatic rings. The number of nitrogens with zero attached hydrogens (tertiary/aromatic N) is 2. The van der Waals surface area contributed by atoms with E-state index in [1.54, 1.807) is 6.20 Å². The molecule has 0 unspecified atom stereocenters. The lowest BCUT2D eigenvalue weighted by Gasteiger charge is -2.10. The second-order valence-corrected chi connectivity index (χ2v) is 7.75. The van der Waals surface area contributed by atoms with Crippen LogP contribution in [-0.4, -0.2) is 11.0 Å². The lowest BCUT2D eigenvalue weighted by Crippen LogP contribution is -2.37. The molecule has 0 aliphatic heterocycles. The van der Waals surface area contributed by atoms with Crippen molar-refractivity contribution in [2.75, 3.05) is 0 Å². The van der Waals surface area contributed by atoms with Crippen molar-refractivity contribution in [3.05, 3.63) is 82.1 Å². The molecule has 0 radical (unpaired) electrons. The van der Waals surface area contributed by atoms with Gasteiger partial charge in [-0.3, -0.25) is 4.79 Å². The van der Waals surface area contributed by atoms with E-state index in [1.807, 2.05) is 47.2 Å². The van der Waals surface area contributed by atoms with Gasteiger partial charge in [-0.1, -0.05) is 34.1 Å². The molecule has 0 atom stereocenters. The summed E-state index contributed by atoms with van der Waals surface area (Å²) in [5.41, 5.74) is 5.27. The van der Waals surface area contributed by atoms with Crippen LogP contribution in [0.3, 0.4) is 0 Å². The summed E-state index contributed by atoms with van der Waals surface area (Å²) in [6.07, 6.45) is 3.97. The van der Waals surface area contributed by atoms with Crippen LogP contribution in [-0.2, 0) is 22.7 Å². The van der Waals surface area contributed by atoms with Crippen LogP contribution >= 0.6 is 15.9 Å². The molecule has 2 heterocycles. The molecule has 0 saturated carbocycles. The number of hydrogen-bond donors (Lipinski definition) is 0. The molecule has 4 nitrogen and oxygen atoms in total. The van der Waals surface area contributed by atoms with Crippen LogP contribution < -0.4 is 4.57 Å². The number of rotatable bonds is 4. The summed E-state index contributed by atoms with van der Waals surface area (Å²) in [5.74, 6) is -0.257. The maximum absolute atomic E-state index is 12.3. The van der Waals surface area contributed by atoms with Crippen molar-refractivity contribution in [1.29, 1.82) is 0 Å². The van der Waals surface area contributed by atoms with Crippen LogP contribution in [0.2, 0.25) is 0 Å². The van der Waals surface area contributed by atoms with E-state index in [9.17, 15) is 4.79 Å². The zero-order valence-corrected chi connectivity index (χ0v) is 17.4. The normalized spacial score (nSPS) is 11.1. The Morgan fingerprint density at radius 1 is 1.04 bits per heavy atom. The molecule has 140 valence electrons. The van der Waals surface area contributed by atoms with Crippen molar-refractivity contribution in [2.24, 2.45) is 0 Å². The van der Waals surface area contributed by atoms with Crippen LogP contribution in [0.25, 0.3) is 21.8 Å². The van der Waals surface area contributed by atoms with Gasteiger partial charge in [0.1, 0.15) is 5.52 Å². The largest absolute Gasteiger partial charge is 0.405 e. The molecule has 28 heavy (non-hydrogen) atoms. The molecular formula is C23H20BrN2O2+. The van der Waals surface area contributed by atoms with Gasteiger partial charge in [-0.15, -0.1) is 0 Å². The average molecular weight is 436 g/mol. The van der Waals surface area contributed by atoms with Gasteiger partial charge in [0.25, 0.3) is 6.73 Å². The van der Waals surface area contributed by atoms with Crippen molar-refractivity contribution in [3.63, 3.8) is 0 Å². The second kappa shape index (κ2) is 7.68. The standard InChI is InChI=1S/C23H20BrN2O2/c1-15-16(2)20-6-4-12-26(23(20)22-19(15)5-3-11-25-22)14-28-21(27)13-17-7-9-18(24)10-8-17/h3-12H,13-14H2,1-2H3/q+1. The summed E-state index contributed by atoms with van der Waals surface area (Å²) in [5, 5.41) is 2.24. The van der Waals surface area contributed by atoms with E-state index >= 15 is 0 Å². The first kappa shape index (κ1) is 18.6. The number of aryl methyl sites for hydroxylation is 2. The maximum Gasteiger partial charge on any atom is 0.315 e. The number of benzene rings is 2. The summed E-state index contributed by atoms with van der Waals surface area (Å²) in [6.45, 7) is 4.39. The van der Waals surface area contributed by atoms with Gasteiger partial charge < -0.3 is 4.74 Å². The molecule has 2 aromatic carbocycles. The highest BCUT2D eigenvalue weighted by Gasteiger charge is 2.19. The first-order valence-corrected chi connectivity index (χ1v) is 9.90. The molecule has 5 heteroatoms.